The van der Waals surface area contributed by atoms with Gasteiger partial charge in [-0.15, -0.1) is 6.58 Å². The summed E-state index contributed by atoms with van der Waals surface area (Å²) in [4.78, 5) is 36.1. The number of unbranched alkanes of at least 4 members (excludes halogenated alkanes) is 5. The Kier molecular flexibility index (Phi) is 15.1. The number of esters is 3. The Morgan fingerprint density at radius 2 is 1.66 bits per heavy atom. The van der Waals surface area contributed by atoms with Crippen LogP contribution in [0, 0.1) is 11.7 Å². The first-order valence-electron chi connectivity index (χ1n) is 14.0. The highest BCUT2D eigenvalue weighted by Crippen LogP contribution is 2.28. The molecule has 1 aliphatic carbocycles. The maximum absolute atomic E-state index is 14.2. The van der Waals surface area contributed by atoms with E-state index in [1.165, 1.54) is 12.1 Å². The first kappa shape index (κ1) is 31.3. The van der Waals surface area contributed by atoms with Gasteiger partial charge in [-0.1, -0.05) is 19.4 Å². The van der Waals surface area contributed by atoms with Crippen LogP contribution < -0.4 is 4.74 Å². The Hall–Kier alpha value is -2.90. The normalized spacial score (nSPS) is 16.9. The van der Waals surface area contributed by atoms with Gasteiger partial charge < -0.3 is 18.9 Å². The number of carbonyl (C=O) groups is 3. The number of hydrogen-bond donors (Lipinski definition) is 0. The highest BCUT2D eigenvalue weighted by molar-refractivity contribution is 5.89. The Balaban J connectivity index is 1.51. The molecular formula is C30H43FO7. The monoisotopic (exact) mass is 534 g/mol. The maximum Gasteiger partial charge on any atom is 0.341 e. The summed E-state index contributed by atoms with van der Waals surface area (Å²) in [5.41, 5.74) is -0.0885. The average Bonchev–Trinajstić information content (AvgIpc) is 2.90. The molecule has 8 heteroatoms. The van der Waals surface area contributed by atoms with Crippen LogP contribution in [0.2, 0.25) is 0 Å². The first-order chi connectivity index (χ1) is 18.4. The van der Waals surface area contributed by atoms with Gasteiger partial charge in [0.1, 0.15) is 17.7 Å². The lowest BCUT2D eigenvalue weighted by atomic mass is 9.87. The van der Waals surface area contributed by atoms with E-state index in [9.17, 15) is 18.8 Å². The summed E-state index contributed by atoms with van der Waals surface area (Å²) < 4.78 is 35.8. The van der Waals surface area contributed by atoms with Gasteiger partial charge in [-0.2, -0.15) is 0 Å². The van der Waals surface area contributed by atoms with Crippen molar-refractivity contribution in [2.75, 3.05) is 19.8 Å². The molecule has 1 fully saturated rings. The van der Waals surface area contributed by atoms with Crippen molar-refractivity contribution >= 4 is 17.9 Å². The fraction of sp³-hybridized carbons (Fsp3) is 0.633. The maximum atomic E-state index is 14.2. The predicted octanol–water partition coefficient (Wildman–Crippen LogP) is 6.72. The molecule has 0 saturated heterocycles. The summed E-state index contributed by atoms with van der Waals surface area (Å²) in [5, 5.41) is 0. The number of rotatable bonds is 18. The molecule has 0 amide bonds. The van der Waals surface area contributed by atoms with Crippen LogP contribution in [0.3, 0.4) is 0 Å². The molecule has 2 rings (SSSR count). The standard InChI is InChI=1S/C30H43FO7/c1-3-5-9-12-28(32)38-24-15-13-23(14-16-24)29(33)36-21-11-8-7-10-20-35-25-17-18-26(27(31)22-25)30(34)37-19-6-4-2/h3,17-18,22-24H,1,4-16,19-21H2,2H3. The van der Waals surface area contributed by atoms with Crippen molar-refractivity contribution < 1.29 is 37.7 Å². The average molecular weight is 535 g/mol. The van der Waals surface area contributed by atoms with Crippen LogP contribution in [-0.4, -0.2) is 43.8 Å². The Morgan fingerprint density at radius 1 is 0.947 bits per heavy atom. The van der Waals surface area contributed by atoms with E-state index in [0.29, 0.717) is 51.1 Å². The van der Waals surface area contributed by atoms with Gasteiger partial charge in [-0.05, 0) is 82.8 Å². The van der Waals surface area contributed by atoms with Gasteiger partial charge in [0.15, 0.2) is 0 Å². The SMILES string of the molecule is C=CCCCC(=O)OC1CCC(C(=O)OCCCCCCOc2ccc(C(=O)OCCCC)c(F)c2)CC1. The molecule has 0 bridgehead atoms. The van der Waals surface area contributed by atoms with Crippen LogP contribution in [0.5, 0.6) is 5.75 Å². The van der Waals surface area contributed by atoms with Gasteiger partial charge in [0, 0.05) is 12.5 Å². The van der Waals surface area contributed by atoms with Gasteiger partial charge in [0.05, 0.1) is 31.3 Å². The van der Waals surface area contributed by atoms with Crippen molar-refractivity contribution in [1.82, 2.24) is 0 Å². The van der Waals surface area contributed by atoms with Crippen LogP contribution in [-0.2, 0) is 23.8 Å². The largest absolute Gasteiger partial charge is 0.493 e. The number of hydrogen-bond acceptors (Lipinski definition) is 7. The number of carbonyl (C=O) groups excluding carboxylic acids is 3. The second kappa shape index (κ2) is 18.4. The highest BCUT2D eigenvalue weighted by Gasteiger charge is 2.29. The molecule has 0 N–H and O–H groups in total. The molecule has 1 aliphatic rings. The molecule has 1 aromatic carbocycles. The Labute approximate surface area is 226 Å². The minimum absolute atomic E-state index is 0.0885. The zero-order valence-corrected chi connectivity index (χ0v) is 22.7. The summed E-state index contributed by atoms with van der Waals surface area (Å²) in [7, 11) is 0. The molecule has 0 unspecified atom stereocenters. The lowest BCUT2D eigenvalue weighted by Gasteiger charge is -2.27. The second-order valence-corrected chi connectivity index (χ2v) is 9.71. The number of ether oxygens (including phenoxy) is 4. The topological polar surface area (TPSA) is 88.1 Å². The first-order valence-corrected chi connectivity index (χ1v) is 14.0. The van der Waals surface area contributed by atoms with E-state index in [2.05, 4.69) is 6.58 Å². The molecule has 0 aliphatic heterocycles. The number of allylic oxidation sites excluding steroid dienone is 1. The molecule has 0 atom stereocenters. The molecular weight excluding hydrogens is 491 g/mol. The quantitative estimate of drug-likeness (QED) is 0.0893. The predicted molar refractivity (Wildman–Crippen MR) is 142 cm³/mol. The van der Waals surface area contributed by atoms with Gasteiger partial charge in [-0.25, -0.2) is 9.18 Å². The third-order valence-corrected chi connectivity index (χ3v) is 6.54. The third kappa shape index (κ3) is 12.1. The summed E-state index contributed by atoms with van der Waals surface area (Å²) in [6.45, 7) is 6.73. The summed E-state index contributed by atoms with van der Waals surface area (Å²) in [6, 6.07) is 4.16. The van der Waals surface area contributed by atoms with Gasteiger partial charge in [0.25, 0.3) is 0 Å². The molecule has 0 heterocycles. The van der Waals surface area contributed by atoms with E-state index in [1.807, 2.05) is 6.92 Å². The molecule has 1 saturated carbocycles. The zero-order chi connectivity index (χ0) is 27.6. The van der Waals surface area contributed by atoms with Crippen molar-refractivity contribution in [3.8, 4) is 5.75 Å². The molecule has 38 heavy (non-hydrogen) atoms. The minimum atomic E-state index is -0.660. The van der Waals surface area contributed by atoms with E-state index >= 15 is 0 Å². The number of halogens is 1. The summed E-state index contributed by atoms with van der Waals surface area (Å²) >= 11 is 0. The highest BCUT2D eigenvalue weighted by atomic mass is 19.1. The van der Waals surface area contributed by atoms with Crippen LogP contribution >= 0.6 is 0 Å². The zero-order valence-electron chi connectivity index (χ0n) is 22.7. The van der Waals surface area contributed by atoms with Gasteiger partial charge in [0.2, 0.25) is 0 Å². The lowest BCUT2D eigenvalue weighted by Crippen LogP contribution is -2.29. The number of benzene rings is 1. The summed E-state index contributed by atoms with van der Waals surface area (Å²) in [5.74, 6) is -1.40. The van der Waals surface area contributed by atoms with E-state index in [1.54, 1.807) is 12.1 Å². The molecule has 0 aromatic heterocycles. The van der Waals surface area contributed by atoms with Crippen molar-refractivity contribution in [2.24, 2.45) is 5.92 Å². The lowest BCUT2D eigenvalue weighted by molar-refractivity contribution is -0.154. The van der Waals surface area contributed by atoms with Crippen molar-refractivity contribution in [1.29, 1.82) is 0 Å². The van der Waals surface area contributed by atoms with Crippen molar-refractivity contribution in [3.05, 3.63) is 42.2 Å². The Bertz CT molecular complexity index is 877. The fourth-order valence-electron chi connectivity index (χ4n) is 4.23. The second-order valence-electron chi connectivity index (χ2n) is 9.71. The summed E-state index contributed by atoms with van der Waals surface area (Å²) in [6.07, 6.45) is 11.4. The van der Waals surface area contributed by atoms with Crippen LogP contribution in [0.15, 0.2) is 30.9 Å². The van der Waals surface area contributed by atoms with E-state index in [4.69, 9.17) is 18.9 Å². The molecule has 7 nitrogen and oxygen atoms in total. The van der Waals surface area contributed by atoms with E-state index in [-0.39, 0.29) is 36.1 Å². The van der Waals surface area contributed by atoms with Gasteiger partial charge >= 0.3 is 17.9 Å². The molecule has 0 spiro atoms. The van der Waals surface area contributed by atoms with Crippen molar-refractivity contribution in [2.45, 2.75) is 96.5 Å². The van der Waals surface area contributed by atoms with E-state index in [0.717, 1.165) is 51.4 Å². The molecule has 1 aromatic rings. The van der Waals surface area contributed by atoms with Crippen molar-refractivity contribution in [3.63, 3.8) is 0 Å². The fourth-order valence-corrected chi connectivity index (χ4v) is 4.23. The smallest absolute Gasteiger partial charge is 0.341 e. The third-order valence-electron chi connectivity index (χ3n) is 6.54. The molecule has 212 valence electrons. The van der Waals surface area contributed by atoms with Crippen LogP contribution in [0.1, 0.15) is 101 Å². The Morgan fingerprint density at radius 3 is 2.34 bits per heavy atom. The van der Waals surface area contributed by atoms with Crippen LogP contribution in [0.25, 0.3) is 0 Å². The van der Waals surface area contributed by atoms with Crippen LogP contribution in [0.4, 0.5) is 4.39 Å². The minimum Gasteiger partial charge on any atom is -0.493 e. The molecule has 0 radical (unpaired) electrons. The van der Waals surface area contributed by atoms with E-state index < -0.39 is 11.8 Å². The van der Waals surface area contributed by atoms with Gasteiger partial charge in [-0.3, -0.25) is 9.59 Å².